The fourth-order valence-electron chi connectivity index (χ4n) is 4.28. The van der Waals surface area contributed by atoms with Gasteiger partial charge in [-0.3, -0.25) is 9.59 Å². The Kier molecular flexibility index (Phi) is 22.2. The second-order valence-electron chi connectivity index (χ2n) is 10.0. The summed E-state index contributed by atoms with van der Waals surface area (Å²) in [6.45, 7) is 2.33. The molecule has 218 valence electrons. The number of carbonyl (C=O) groups excluding carboxylic acids is 2. The Morgan fingerprint density at radius 1 is 0.703 bits per heavy atom. The summed E-state index contributed by atoms with van der Waals surface area (Å²) < 4.78 is 42.7. The lowest BCUT2D eigenvalue weighted by atomic mass is 10.0. The molecule has 0 saturated heterocycles. The van der Waals surface area contributed by atoms with Gasteiger partial charge in [0.05, 0.1) is 6.42 Å². The van der Waals surface area contributed by atoms with E-state index in [4.69, 9.17) is 9.84 Å². The van der Waals surface area contributed by atoms with Gasteiger partial charge in [0.25, 0.3) is 0 Å². The number of ether oxygens (including phenoxy) is 1. The molecule has 2 N–H and O–H groups in total. The maximum atomic E-state index is 12.6. The van der Waals surface area contributed by atoms with Crippen molar-refractivity contribution in [2.75, 3.05) is 6.54 Å². The van der Waals surface area contributed by atoms with Crippen molar-refractivity contribution in [3.05, 3.63) is 0 Å². The maximum Gasteiger partial charge on any atom is 0.490 e. The molecule has 0 aromatic rings. The van der Waals surface area contributed by atoms with Crippen molar-refractivity contribution >= 4 is 17.8 Å². The van der Waals surface area contributed by atoms with E-state index in [0.29, 0.717) is 19.3 Å². The van der Waals surface area contributed by atoms with Crippen LogP contribution in [0.15, 0.2) is 0 Å². The van der Waals surface area contributed by atoms with Crippen molar-refractivity contribution in [2.24, 2.45) is 0 Å². The predicted molar refractivity (Wildman–Crippen MR) is 139 cm³/mol. The number of rotatable bonds is 25. The minimum Gasteiger partial charge on any atom is -0.481 e. The zero-order valence-electron chi connectivity index (χ0n) is 22.8. The molecular formula is C28H50F3NO5. The van der Waals surface area contributed by atoms with Gasteiger partial charge in [-0.2, -0.15) is 13.2 Å². The van der Waals surface area contributed by atoms with Crippen LogP contribution in [0.5, 0.6) is 0 Å². The smallest absolute Gasteiger partial charge is 0.481 e. The normalized spacial score (nSPS) is 12.3. The lowest BCUT2D eigenvalue weighted by Gasteiger charge is -2.19. The van der Waals surface area contributed by atoms with Gasteiger partial charge >= 0.3 is 18.1 Å². The average Bonchev–Trinajstić information content (AvgIpc) is 2.82. The minimum atomic E-state index is -4.94. The first-order valence-corrected chi connectivity index (χ1v) is 14.4. The number of carboxylic acids is 1. The van der Waals surface area contributed by atoms with Gasteiger partial charge in [-0.05, 0) is 32.1 Å². The largest absolute Gasteiger partial charge is 0.490 e. The molecule has 0 aromatic heterocycles. The maximum absolute atomic E-state index is 12.6. The van der Waals surface area contributed by atoms with Gasteiger partial charge in [-0.1, -0.05) is 96.8 Å². The third-order valence-corrected chi connectivity index (χ3v) is 6.48. The Morgan fingerprint density at radius 2 is 1.14 bits per heavy atom. The van der Waals surface area contributed by atoms with E-state index in [0.717, 1.165) is 89.9 Å². The quantitative estimate of drug-likeness (QED) is 0.0913. The number of aliphatic carboxylic acids is 1. The number of halogens is 3. The van der Waals surface area contributed by atoms with E-state index in [-0.39, 0.29) is 18.9 Å². The number of hydrogen-bond acceptors (Lipinski definition) is 4. The molecule has 0 unspecified atom stereocenters. The lowest BCUT2D eigenvalue weighted by molar-refractivity contribution is -0.205. The van der Waals surface area contributed by atoms with Gasteiger partial charge in [0.2, 0.25) is 5.91 Å². The Balaban J connectivity index is 3.82. The SMILES string of the molecule is CCCCCCCCC[C@@H](CCCCCCCCCCCCC(=O)NCCC(=O)O)OC(=O)C(F)(F)F. The molecule has 6 nitrogen and oxygen atoms in total. The number of carboxylic acid groups (broad SMARTS) is 1. The van der Waals surface area contributed by atoms with Crippen LogP contribution in [0.1, 0.15) is 142 Å². The third-order valence-electron chi connectivity index (χ3n) is 6.48. The van der Waals surface area contributed by atoms with Crippen LogP contribution in [0, 0.1) is 0 Å². The number of unbranched alkanes of at least 4 members (excludes halogenated alkanes) is 15. The number of hydrogen-bond donors (Lipinski definition) is 2. The average molecular weight is 538 g/mol. The van der Waals surface area contributed by atoms with Gasteiger partial charge < -0.3 is 15.2 Å². The Labute approximate surface area is 221 Å². The van der Waals surface area contributed by atoms with E-state index >= 15 is 0 Å². The van der Waals surface area contributed by atoms with Gasteiger partial charge in [-0.25, -0.2) is 4.79 Å². The summed E-state index contributed by atoms with van der Waals surface area (Å²) in [5.74, 6) is -3.09. The van der Waals surface area contributed by atoms with E-state index in [9.17, 15) is 27.6 Å². The minimum absolute atomic E-state index is 0.0584. The highest BCUT2D eigenvalue weighted by atomic mass is 19.4. The van der Waals surface area contributed by atoms with Crippen molar-refractivity contribution in [1.82, 2.24) is 5.32 Å². The monoisotopic (exact) mass is 537 g/mol. The molecule has 0 spiro atoms. The lowest BCUT2D eigenvalue weighted by Crippen LogP contribution is -2.30. The number of carbonyl (C=O) groups is 3. The predicted octanol–water partition coefficient (Wildman–Crippen LogP) is 7.87. The summed E-state index contributed by atoms with van der Waals surface area (Å²) in [7, 11) is 0. The van der Waals surface area contributed by atoms with E-state index in [1.165, 1.54) is 19.3 Å². The van der Waals surface area contributed by atoms with E-state index in [1.54, 1.807) is 0 Å². The third kappa shape index (κ3) is 24.3. The van der Waals surface area contributed by atoms with Crippen molar-refractivity contribution in [3.63, 3.8) is 0 Å². The van der Waals surface area contributed by atoms with Gasteiger partial charge in [0.15, 0.2) is 0 Å². The van der Waals surface area contributed by atoms with Crippen LogP contribution in [0.25, 0.3) is 0 Å². The van der Waals surface area contributed by atoms with Crippen LogP contribution in [-0.4, -0.2) is 41.8 Å². The Morgan fingerprint density at radius 3 is 1.57 bits per heavy atom. The van der Waals surface area contributed by atoms with Crippen molar-refractivity contribution in [3.8, 4) is 0 Å². The Hall–Kier alpha value is -1.80. The first-order valence-electron chi connectivity index (χ1n) is 14.4. The van der Waals surface area contributed by atoms with E-state index in [2.05, 4.69) is 12.2 Å². The van der Waals surface area contributed by atoms with Crippen LogP contribution in [0.2, 0.25) is 0 Å². The molecular weight excluding hydrogens is 487 g/mol. The summed E-state index contributed by atoms with van der Waals surface area (Å²) >= 11 is 0. The van der Waals surface area contributed by atoms with Crippen LogP contribution in [0.4, 0.5) is 13.2 Å². The highest BCUT2D eigenvalue weighted by Gasteiger charge is 2.42. The number of amides is 1. The molecule has 0 fully saturated rings. The molecule has 0 aliphatic rings. The fourth-order valence-corrected chi connectivity index (χ4v) is 4.28. The van der Waals surface area contributed by atoms with Gasteiger partial charge in [0.1, 0.15) is 6.10 Å². The van der Waals surface area contributed by atoms with Crippen LogP contribution in [-0.2, 0) is 19.1 Å². The zero-order valence-corrected chi connectivity index (χ0v) is 22.8. The second kappa shape index (κ2) is 23.3. The second-order valence-corrected chi connectivity index (χ2v) is 10.0. The van der Waals surface area contributed by atoms with Crippen molar-refractivity contribution in [1.29, 1.82) is 0 Å². The summed E-state index contributed by atoms with van der Waals surface area (Å²) in [5, 5.41) is 11.1. The number of esters is 1. The first kappa shape index (κ1) is 35.2. The van der Waals surface area contributed by atoms with E-state index in [1.807, 2.05) is 0 Å². The molecule has 1 atom stereocenters. The highest BCUT2D eigenvalue weighted by molar-refractivity contribution is 5.76. The molecule has 37 heavy (non-hydrogen) atoms. The van der Waals surface area contributed by atoms with Crippen molar-refractivity contribution < 1.29 is 37.4 Å². The van der Waals surface area contributed by atoms with Crippen molar-refractivity contribution in [2.45, 2.75) is 154 Å². The summed E-state index contributed by atoms with van der Waals surface area (Å²) in [5.41, 5.74) is 0. The van der Waals surface area contributed by atoms with Crippen LogP contribution < -0.4 is 5.32 Å². The summed E-state index contributed by atoms with van der Waals surface area (Å²) in [4.78, 5) is 33.3. The molecule has 0 bridgehead atoms. The summed E-state index contributed by atoms with van der Waals surface area (Å²) in [6, 6.07) is 0. The molecule has 0 saturated carbocycles. The van der Waals surface area contributed by atoms with Gasteiger partial charge in [0, 0.05) is 13.0 Å². The zero-order chi connectivity index (χ0) is 27.8. The molecule has 0 radical (unpaired) electrons. The Bertz CT molecular complexity index is 599. The molecule has 1 amide bonds. The van der Waals surface area contributed by atoms with E-state index < -0.39 is 24.2 Å². The fraction of sp³-hybridized carbons (Fsp3) is 0.893. The van der Waals surface area contributed by atoms with Crippen LogP contribution >= 0.6 is 0 Å². The van der Waals surface area contributed by atoms with Crippen LogP contribution in [0.3, 0.4) is 0 Å². The number of alkyl halides is 3. The highest BCUT2D eigenvalue weighted by Crippen LogP contribution is 2.22. The molecule has 0 rings (SSSR count). The molecule has 9 heteroatoms. The standard InChI is InChI=1S/C28H50F3NO5/c1-2-3-4-5-10-13-16-19-24(37-27(36)28(29,30)31)20-17-14-11-8-6-7-9-12-15-18-21-25(33)32-23-22-26(34)35/h24H,2-23H2,1H3,(H,32,33)(H,34,35)/t24-/m0/s1. The number of nitrogens with one attached hydrogen (secondary N) is 1. The molecule has 0 aromatic carbocycles. The first-order chi connectivity index (χ1) is 17.7. The molecule has 0 heterocycles. The van der Waals surface area contributed by atoms with Gasteiger partial charge in [-0.15, -0.1) is 0 Å². The topological polar surface area (TPSA) is 92.7 Å². The summed E-state index contributed by atoms with van der Waals surface area (Å²) in [6.07, 6.45) is 13.3. The molecule has 0 aliphatic carbocycles. The molecule has 0 aliphatic heterocycles.